The highest BCUT2D eigenvalue weighted by molar-refractivity contribution is 9.10. The van der Waals surface area contributed by atoms with Gasteiger partial charge in [-0.05, 0) is 59.2 Å². The number of pyridine rings is 1. The second-order valence-corrected chi connectivity index (χ2v) is 5.87. The molecule has 1 saturated carbocycles. The molecule has 2 rings (SSSR count). The van der Waals surface area contributed by atoms with Crippen molar-refractivity contribution in [1.82, 2.24) is 4.98 Å². The SMILES string of the molecule is CC1(Cc2ccc(Br)cn2)CCC(N)C1. The van der Waals surface area contributed by atoms with E-state index in [2.05, 4.69) is 40.0 Å². The first-order valence-corrected chi connectivity index (χ1v) is 6.23. The summed E-state index contributed by atoms with van der Waals surface area (Å²) in [5.41, 5.74) is 7.50. The molecule has 2 nitrogen and oxygen atoms in total. The molecule has 1 aromatic heterocycles. The number of rotatable bonds is 2. The van der Waals surface area contributed by atoms with Crippen molar-refractivity contribution in [2.45, 2.75) is 38.6 Å². The molecule has 0 saturated heterocycles. The van der Waals surface area contributed by atoms with Gasteiger partial charge in [-0.25, -0.2) is 0 Å². The van der Waals surface area contributed by atoms with E-state index in [9.17, 15) is 0 Å². The van der Waals surface area contributed by atoms with Crippen molar-refractivity contribution in [1.29, 1.82) is 0 Å². The van der Waals surface area contributed by atoms with Gasteiger partial charge in [-0.3, -0.25) is 4.98 Å². The topological polar surface area (TPSA) is 38.9 Å². The standard InChI is InChI=1S/C12H17BrN2/c1-12(5-4-10(14)6-12)7-11-3-2-9(13)8-15-11/h2-3,8,10H,4-7,14H2,1H3. The van der Waals surface area contributed by atoms with Crippen LogP contribution in [0.4, 0.5) is 0 Å². The summed E-state index contributed by atoms with van der Waals surface area (Å²) >= 11 is 3.40. The van der Waals surface area contributed by atoms with Crippen molar-refractivity contribution in [3.05, 3.63) is 28.5 Å². The molecule has 0 bridgehead atoms. The summed E-state index contributed by atoms with van der Waals surface area (Å²) in [5, 5.41) is 0. The molecule has 0 aliphatic heterocycles. The second kappa shape index (κ2) is 4.22. The lowest BCUT2D eigenvalue weighted by Crippen LogP contribution is -2.21. The highest BCUT2D eigenvalue weighted by Gasteiger charge is 2.33. The zero-order valence-electron chi connectivity index (χ0n) is 9.04. The van der Waals surface area contributed by atoms with E-state index in [1.165, 1.54) is 12.1 Å². The Balaban J connectivity index is 2.05. The molecule has 3 heteroatoms. The predicted octanol–water partition coefficient (Wildman–Crippen LogP) is 2.90. The lowest BCUT2D eigenvalue weighted by Gasteiger charge is -2.23. The molecule has 0 aromatic carbocycles. The van der Waals surface area contributed by atoms with E-state index in [0.717, 1.165) is 23.7 Å². The quantitative estimate of drug-likeness (QED) is 0.896. The molecule has 2 N–H and O–H groups in total. The number of hydrogen-bond acceptors (Lipinski definition) is 2. The largest absolute Gasteiger partial charge is 0.328 e. The van der Waals surface area contributed by atoms with Crippen LogP contribution in [0, 0.1) is 5.41 Å². The Kier molecular flexibility index (Phi) is 3.12. The van der Waals surface area contributed by atoms with Gasteiger partial charge in [-0.15, -0.1) is 0 Å². The fourth-order valence-corrected chi connectivity index (χ4v) is 2.71. The zero-order valence-corrected chi connectivity index (χ0v) is 10.6. The highest BCUT2D eigenvalue weighted by atomic mass is 79.9. The van der Waals surface area contributed by atoms with E-state index in [1.807, 2.05) is 6.20 Å². The zero-order chi connectivity index (χ0) is 10.9. The molecule has 1 aromatic rings. The van der Waals surface area contributed by atoms with Gasteiger partial charge in [0.05, 0.1) is 0 Å². The first-order chi connectivity index (χ1) is 7.07. The Hall–Kier alpha value is -0.410. The van der Waals surface area contributed by atoms with Crippen LogP contribution in [0.3, 0.4) is 0 Å². The van der Waals surface area contributed by atoms with Crippen LogP contribution in [-0.4, -0.2) is 11.0 Å². The Morgan fingerprint density at radius 1 is 1.60 bits per heavy atom. The molecule has 15 heavy (non-hydrogen) atoms. The average molecular weight is 269 g/mol. The number of nitrogens with two attached hydrogens (primary N) is 1. The van der Waals surface area contributed by atoms with Crippen molar-refractivity contribution in [2.24, 2.45) is 11.1 Å². The van der Waals surface area contributed by atoms with Crippen LogP contribution in [0.25, 0.3) is 0 Å². The normalized spacial score (nSPS) is 30.7. The van der Waals surface area contributed by atoms with E-state index in [4.69, 9.17) is 5.73 Å². The Bertz CT molecular complexity index is 336. The molecule has 82 valence electrons. The summed E-state index contributed by atoms with van der Waals surface area (Å²) in [6.07, 6.45) is 6.44. The summed E-state index contributed by atoms with van der Waals surface area (Å²) in [7, 11) is 0. The van der Waals surface area contributed by atoms with Gasteiger partial charge >= 0.3 is 0 Å². The van der Waals surface area contributed by atoms with Gasteiger partial charge in [0.2, 0.25) is 0 Å². The second-order valence-electron chi connectivity index (χ2n) is 4.96. The summed E-state index contributed by atoms with van der Waals surface area (Å²) in [5.74, 6) is 0. The summed E-state index contributed by atoms with van der Waals surface area (Å²) < 4.78 is 1.04. The Morgan fingerprint density at radius 2 is 2.40 bits per heavy atom. The van der Waals surface area contributed by atoms with Crippen molar-refractivity contribution in [2.75, 3.05) is 0 Å². The minimum atomic E-state index is 0.361. The minimum absolute atomic E-state index is 0.361. The summed E-state index contributed by atoms with van der Waals surface area (Å²) in [6.45, 7) is 2.32. The molecule has 2 unspecified atom stereocenters. The molecule has 0 amide bonds. The summed E-state index contributed by atoms with van der Waals surface area (Å²) in [6, 6.07) is 4.55. The van der Waals surface area contributed by atoms with Crippen LogP contribution in [0.2, 0.25) is 0 Å². The van der Waals surface area contributed by atoms with Crippen LogP contribution in [0.5, 0.6) is 0 Å². The number of aromatic nitrogens is 1. The maximum Gasteiger partial charge on any atom is 0.0413 e. The minimum Gasteiger partial charge on any atom is -0.328 e. The third-order valence-electron chi connectivity index (χ3n) is 3.27. The fourth-order valence-electron chi connectivity index (χ4n) is 2.48. The summed E-state index contributed by atoms with van der Waals surface area (Å²) in [4.78, 5) is 4.42. The average Bonchev–Trinajstić information content (AvgIpc) is 2.50. The van der Waals surface area contributed by atoms with Crippen LogP contribution in [0.1, 0.15) is 31.9 Å². The Morgan fingerprint density at radius 3 is 2.93 bits per heavy atom. The third kappa shape index (κ3) is 2.79. The molecule has 0 radical (unpaired) electrons. The van der Waals surface area contributed by atoms with Crippen LogP contribution in [-0.2, 0) is 6.42 Å². The molecule has 1 fully saturated rings. The van der Waals surface area contributed by atoms with E-state index in [-0.39, 0.29) is 0 Å². The molecule has 2 atom stereocenters. The molecular formula is C12H17BrN2. The Labute approximate surface area is 99.4 Å². The first kappa shape index (κ1) is 11.1. The van der Waals surface area contributed by atoms with Crippen molar-refractivity contribution >= 4 is 15.9 Å². The first-order valence-electron chi connectivity index (χ1n) is 5.43. The van der Waals surface area contributed by atoms with Crippen LogP contribution < -0.4 is 5.73 Å². The highest BCUT2D eigenvalue weighted by Crippen LogP contribution is 2.39. The predicted molar refractivity (Wildman–Crippen MR) is 65.6 cm³/mol. The van der Waals surface area contributed by atoms with Gasteiger partial charge < -0.3 is 5.73 Å². The van der Waals surface area contributed by atoms with Crippen LogP contribution in [0.15, 0.2) is 22.8 Å². The smallest absolute Gasteiger partial charge is 0.0413 e. The monoisotopic (exact) mass is 268 g/mol. The van der Waals surface area contributed by atoms with Gasteiger partial charge in [-0.2, -0.15) is 0 Å². The maximum atomic E-state index is 5.96. The van der Waals surface area contributed by atoms with Gasteiger partial charge in [0, 0.05) is 22.4 Å². The van der Waals surface area contributed by atoms with E-state index < -0.39 is 0 Å². The fraction of sp³-hybridized carbons (Fsp3) is 0.583. The molecule has 0 spiro atoms. The number of nitrogens with zero attached hydrogens (tertiary/aromatic N) is 1. The molecule has 1 heterocycles. The maximum absolute atomic E-state index is 5.96. The van der Waals surface area contributed by atoms with Gasteiger partial charge in [0.15, 0.2) is 0 Å². The number of hydrogen-bond donors (Lipinski definition) is 1. The van der Waals surface area contributed by atoms with Gasteiger partial charge in [-0.1, -0.05) is 6.92 Å². The third-order valence-corrected chi connectivity index (χ3v) is 3.74. The lowest BCUT2D eigenvalue weighted by atomic mass is 9.83. The lowest BCUT2D eigenvalue weighted by molar-refractivity contribution is 0.326. The van der Waals surface area contributed by atoms with Crippen molar-refractivity contribution in [3.8, 4) is 0 Å². The van der Waals surface area contributed by atoms with Gasteiger partial charge in [0.1, 0.15) is 0 Å². The van der Waals surface area contributed by atoms with Crippen LogP contribution >= 0.6 is 15.9 Å². The molecular weight excluding hydrogens is 252 g/mol. The van der Waals surface area contributed by atoms with Crippen molar-refractivity contribution < 1.29 is 0 Å². The number of halogens is 1. The van der Waals surface area contributed by atoms with E-state index in [1.54, 1.807) is 0 Å². The van der Waals surface area contributed by atoms with Gasteiger partial charge in [0.25, 0.3) is 0 Å². The van der Waals surface area contributed by atoms with E-state index in [0.29, 0.717) is 11.5 Å². The van der Waals surface area contributed by atoms with E-state index >= 15 is 0 Å². The van der Waals surface area contributed by atoms with Crippen molar-refractivity contribution in [3.63, 3.8) is 0 Å². The molecule has 1 aliphatic rings. The molecule has 1 aliphatic carbocycles.